The summed E-state index contributed by atoms with van der Waals surface area (Å²) < 4.78 is 0. The Kier molecular flexibility index (Phi) is 4.54. The third-order valence-electron chi connectivity index (χ3n) is 3.37. The molecule has 2 unspecified atom stereocenters. The summed E-state index contributed by atoms with van der Waals surface area (Å²) in [5.41, 5.74) is 7.50. The van der Waals surface area contributed by atoms with Gasteiger partial charge in [-0.3, -0.25) is 9.78 Å². The molecule has 1 fully saturated rings. The van der Waals surface area contributed by atoms with E-state index in [1.165, 1.54) is 11.3 Å². The third-order valence-corrected chi connectivity index (χ3v) is 5.19. The Labute approximate surface area is 131 Å². The predicted octanol–water partition coefficient (Wildman–Crippen LogP) is 2.16. The number of nitrogens with one attached hydrogen (secondary N) is 3. The SMILES string of the molecule is CSc1ccsc1C(=O)NC1CC(c2ccncc2)NN1. The van der Waals surface area contributed by atoms with Crippen molar-refractivity contribution in [2.24, 2.45) is 0 Å². The second kappa shape index (κ2) is 6.57. The van der Waals surface area contributed by atoms with E-state index >= 15 is 0 Å². The van der Waals surface area contributed by atoms with E-state index in [1.807, 2.05) is 29.8 Å². The molecule has 21 heavy (non-hydrogen) atoms. The van der Waals surface area contributed by atoms with Crippen LogP contribution in [0.4, 0.5) is 0 Å². The largest absolute Gasteiger partial charge is 0.335 e. The smallest absolute Gasteiger partial charge is 0.263 e. The van der Waals surface area contributed by atoms with Crippen LogP contribution in [-0.2, 0) is 0 Å². The van der Waals surface area contributed by atoms with Gasteiger partial charge in [0.25, 0.3) is 5.91 Å². The van der Waals surface area contributed by atoms with E-state index in [4.69, 9.17) is 0 Å². The molecule has 2 aromatic heterocycles. The van der Waals surface area contributed by atoms with E-state index in [-0.39, 0.29) is 18.1 Å². The Bertz CT molecular complexity index is 616. The van der Waals surface area contributed by atoms with Gasteiger partial charge in [-0.15, -0.1) is 23.1 Å². The van der Waals surface area contributed by atoms with Crippen molar-refractivity contribution in [1.29, 1.82) is 0 Å². The molecule has 0 aliphatic carbocycles. The highest BCUT2D eigenvalue weighted by molar-refractivity contribution is 7.98. The average Bonchev–Trinajstić information content (AvgIpc) is 3.16. The van der Waals surface area contributed by atoms with Crippen LogP contribution in [0.15, 0.2) is 40.9 Å². The van der Waals surface area contributed by atoms with Gasteiger partial charge in [0.15, 0.2) is 0 Å². The zero-order valence-electron chi connectivity index (χ0n) is 11.5. The summed E-state index contributed by atoms with van der Waals surface area (Å²) in [5.74, 6) is -0.0240. The van der Waals surface area contributed by atoms with Gasteiger partial charge in [0.05, 0.1) is 6.17 Å². The highest BCUT2D eigenvalue weighted by atomic mass is 32.2. The van der Waals surface area contributed by atoms with Gasteiger partial charge in [0.1, 0.15) is 4.88 Å². The Morgan fingerprint density at radius 2 is 2.19 bits per heavy atom. The summed E-state index contributed by atoms with van der Waals surface area (Å²) in [6.45, 7) is 0. The first-order valence-electron chi connectivity index (χ1n) is 6.61. The molecule has 3 N–H and O–H groups in total. The molecule has 110 valence electrons. The van der Waals surface area contributed by atoms with Crippen molar-refractivity contribution >= 4 is 29.0 Å². The number of hydrogen-bond donors (Lipinski definition) is 3. The lowest BCUT2D eigenvalue weighted by atomic mass is 10.1. The van der Waals surface area contributed by atoms with Gasteiger partial charge < -0.3 is 5.32 Å². The fraction of sp³-hybridized carbons (Fsp3) is 0.286. The summed E-state index contributed by atoms with van der Waals surface area (Å²) >= 11 is 3.07. The molecular formula is C14H16N4OS2. The summed E-state index contributed by atoms with van der Waals surface area (Å²) in [6, 6.07) is 6.12. The van der Waals surface area contributed by atoms with Crippen molar-refractivity contribution in [2.75, 3.05) is 6.26 Å². The molecule has 1 aliphatic rings. The van der Waals surface area contributed by atoms with Crippen LogP contribution in [0.5, 0.6) is 0 Å². The van der Waals surface area contributed by atoms with Crippen molar-refractivity contribution in [2.45, 2.75) is 23.5 Å². The van der Waals surface area contributed by atoms with Crippen LogP contribution in [0.2, 0.25) is 0 Å². The third kappa shape index (κ3) is 3.26. The molecule has 3 rings (SSSR count). The molecule has 3 heterocycles. The number of amides is 1. The summed E-state index contributed by atoms with van der Waals surface area (Å²) in [5, 5.41) is 4.97. The lowest BCUT2D eigenvalue weighted by Crippen LogP contribution is -2.44. The monoisotopic (exact) mass is 320 g/mol. The molecule has 7 heteroatoms. The minimum atomic E-state index is -0.0764. The molecule has 1 aliphatic heterocycles. The Balaban J connectivity index is 1.61. The first kappa shape index (κ1) is 14.5. The van der Waals surface area contributed by atoms with E-state index in [2.05, 4.69) is 21.2 Å². The quantitative estimate of drug-likeness (QED) is 0.754. The first-order chi connectivity index (χ1) is 10.3. The van der Waals surface area contributed by atoms with Crippen molar-refractivity contribution in [3.8, 4) is 0 Å². The lowest BCUT2D eigenvalue weighted by molar-refractivity contribution is 0.0934. The summed E-state index contributed by atoms with van der Waals surface area (Å²) in [4.78, 5) is 18.1. The summed E-state index contributed by atoms with van der Waals surface area (Å²) in [7, 11) is 0. The van der Waals surface area contributed by atoms with Crippen LogP contribution in [0, 0.1) is 0 Å². The van der Waals surface area contributed by atoms with E-state index in [0.29, 0.717) is 0 Å². The molecule has 1 saturated heterocycles. The van der Waals surface area contributed by atoms with Crippen molar-refractivity contribution < 1.29 is 4.79 Å². The maximum absolute atomic E-state index is 12.3. The van der Waals surface area contributed by atoms with Crippen LogP contribution in [0.1, 0.15) is 27.7 Å². The van der Waals surface area contributed by atoms with Crippen molar-refractivity contribution in [1.82, 2.24) is 21.2 Å². The Morgan fingerprint density at radius 3 is 2.95 bits per heavy atom. The number of carbonyl (C=O) groups is 1. The maximum Gasteiger partial charge on any atom is 0.263 e. The van der Waals surface area contributed by atoms with Gasteiger partial charge in [-0.05, 0) is 35.4 Å². The van der Waals surface area contributed by atoms with Gasteiger partial charge in [-0.1, -0.05) is 0 Å². The fourth-order valence-electron chi connectivity index (χ4n) is 2.31. The van der Waals surface area contributed by atoms with E-state index < -0.39 is 0 Å². The van der Waals surface area contributed by atoms with Crippen LogP contribution in [0.25, 0.3) is 0 Å². The number of carbonyl (C=O) groups excluding carboxylic acids is 1. The van der Waals surface area contributed by atoms with Gasteiger partial charge in [-0.2, -0.15) is 0 Å². The van der Waals surface area contributed by atoms with Crippen LogP contribution in [-0.4, -0.2) is 23.3 Å². The first-order valence-corrected chi connectivity index (χ1v) is 8.71. The number of pyridine rings is 1. The topological polar surface area (TPSA) is 66.0 Å². The number of nitrogens with zero attached hydrogens (tertiary/aromatic N) is 1. The van der Waals surface area contributed by atoms with E-state index in [0.717, 1.165) is 21.8 Å². The van der Waals surface area contributed by atoms with Crippen molar-refractivity contribution in [3.63, 3.8) is 0 Å². The zero-order chi connectivity index (χ0) is 14.7. The van der Waals surface area contributed by atoms with Crippen molar-refractivity contribution in [3.05, 3.63) is 46.4 Å². The fourth-order valence-corrected chi connectivity index (χ4v) is 3.97. The molecule has 1 amide bonds. The molecule has 5 nitrogen and oxygen atoms in total. The molecule has 2 aromatic rings. The number of thioether (sulfide) groups is 1. The number of rotatable bonds is 4. The molecule has 2 atom stereocenters. The van der Waals surface area contributed by atoms with E-state index in [9.17, 15) is 4.79 Å². The molecule has 0 bridgehead atoms. The van der Waals surface area contributed by atoms with Gasteiger partial charge in [0, 0.05) is 29.8 Å². The lowest BCUT2D eigenvalue weighted by Gasteiger charge is -2.12. The van der Waals surface area contributed by atoms with Gasteiger partial charge >= 0.3 is 0 Å². The highest BCUT2D eigenvalue weighted by Crippen LogP contribution is 2.26. The second-order valence-corrected chi connectivity index (χ2v) is 6.47. The Hall–Kier alpha value is -1.41. The molecule has 0 radical (unpaired) electrons. The number of aromatic nitrogens is 1. The minimum absolute atomic E-state index is 0.0240. The normalized spacial score (nSPS) is 21.4. The predicted molar refractivity (Wildman–Crippen MR) is 85.2 cm³/mol. The minimum Gasteiger partial charge on any atom is -0.335 e. The van der Waals surface area contributed by atoms with Gasteiger partial charge in [0.2, 0.25) is 0 Å². The van der Waals surface area contributed by atoms with Crippen LogP contribution >= 0.6 is 23.1 Å². The molecule has 0 spiro atoms. The summed E-state index contributed by atoms with van der Waals surface area (Å²) in [6.07, 6.45) is 6.26. The molecule has 0 saturated carbocycles. The second-order valence-electron chi connectivity index (χ2n) is 4.70. The number of thiophene rings is 1. The molecule has 0 aromatic carbocycles. The Morgan fingerprint density at radius 1 is 1.38 bits per heavy atom. The van der Waals surface area contributed by atoms with E-state index in [1.54, 1.807) is 24.2 Å². The average molecular weight is 320 g/mol. The maximum atomic E-state index is 12.3. The van der Waals surface area contributed by atoms with Crippen LogP contribution < -0.4 is 16.2 Å². The number of hydrogen-bond acceptors (Lipinski definition) is 6. The molecular weight excluding hydrogens is 304 g/mol. The standard InChI is InChI=1S/C14H16N4OS2/c1-20-11-4-7-21-13(11)14(19)16-12-8-10(17-18-12)9-2-5-15-6-3-9/h2-7,10,12,17-18H,8H2,1H3,(H,16,19). The zero-order valence-corrected chi connectivity index (χ0v) is 13.1. The van der Waals surface area contributed by atoms with Gasteiger partial charge in [-0.25, -0.2) is 10.9 Å². The van der Waals surface area contributed by atoms with Crippen LogP contribution in [0.3, 0.4) is 0 Å². The number of hydrazine groups is 1. The highest BCUT2D eigenvalue weighted by Gasteiger charge is 2.27.